The molecule has 0 radical (unpaired) electrons. The van der Waals surface area contributed by atoms with Crippen molar-refractivity contribution >= 4 is 50.5 Å². The number of halogens is 4. The van der Waals surface area contributed by atoms with Crippen molar-refractivity contribution in [3.8, 4) is 5.75 Å². The van der Waals surface area contributed by atoms with Gasteiger partial charge in [-0.1, -0.05) is 29.8 Å². The summed E-state index contributed by atoms with van der Waals surface area (Å²) >= 11 is 14.8. The van der Waals surface area contributed by atoms with Crippen molar-refractivity contribution in [3.05, 3.63) is 68.9 Å². The highest BCUT2D eigenvalue weighted by atomic mass is 79.9. The minimum atomic E-state index is -0.571. The third-order valence-corrected chi connectivity index (χ3v) is 3.70. The Labute approximate surface area is 145 Å². The lowest BCUT2D eigenvalue weighted by molar-refractivity contribution is -0.107. The second kappa shape index (κ2) is 7.77. The molecule has 114 valence electrons. The zero-order chi connectivity index (χ0) is 16.1. The first-order chi connectivity index (χ1) is 10.5. The fourth-order valence-corrected chi connectivity index (χ4v) is 2.81. The molecule has 0 saturated heterocycles. The van der Waals surface area contributed by atoms with Gasteiger partial charge in [-0.15, -0.1) is 0 Å². The van der Waals surface area contributed by atoms with E-state index in [0.717, 1.165) is 0 Å². The molecule has 22 heavy (non-hydrogen) atoms. The quantitative estimate of drug-likeness (QED) is 0.479. The first kappa shape index (κ1) is 17.0. The van der Waals surface area contributed by atoms with Crippen molar-refractivity contribution in [1.82, 2.24) is 0 Å². The Balaban J connectivity index is 2.16. The van der Waals surface area contributed by atoms with E-state index in [4.69, 9.17) is 27.9 Å². The first-order valence-electron chi connectivity index (χ1n) is 6.19. The molecule has 0 aliphatic carbocycles. The molecule has 0 saturated carbocycles. The lowest BCUT2D eigenvalue weighted by Gasteiger charge is -2.11. The number of rotatable bonds is 5. The second-order valence-corrected chi connectivity index (χ2v) is 6.00. The zero-order valence-electron chi connectivity index (χ0n) is 11.2. The fraction of sp³-hybridized carbons (Fsp3) is 0.0625. The van der Waals surface area contributed by atoms with Gasteiger partial charge in [-0.3, -0.25) is 4.79 Å². The molecule has 0 amide bonds. The Morgan fingerprint density at radius 3 is 2.73 bits per heavy atom. The van der Waals surface area contributed by atoms with Crippen LogP contribution in [0.5, 0.6) is 5.75 Å². The van der Waals surface area contributed by atoms with E-state index in [1.54, 1.807) is 30.3 Å². The Bertz CT molecular complexity index is 709. The van der Waals surface area contributed by atoms with E-state index in [1.807, 2.05) is 0 Å². The van der Waals surface area contributed by atoms with Gasteiger partial charge >= 0.3 is 0 Å². The second-order valence-electron chi connectivity index (χ2n) is 4.37. The van der Waals surface area contributed by atoms with Crippen LogP contribution in [0.2, 0.25) is 5.02 Å². The van der Waals surface area contributed by atoms with Crippen LogP contribution >= 0.6 is 39.1 Å². The molecule has 0 fully saturated rings. The number of carbonyl (C=O) groups is 1. The van der Waals surface area contributed by atoms with Crippen LogP contribution in [-0.4, -0.2) is 5.24 Å². The van der Waals surface area contributed by atoms with E-state index >= 15 is 0 Å². The SMILES string of the molecule is O=C(Cl)/C=C/c1cc(Cl)c(OCc2cccc(F)c2)c(Br)c1. The highest BCUT2D eigenvalue weighted by Gasteiger charge is 2.09. The van der Waals surface area contributed by atoms with Crippen LogP contribution in [0, 0.1) is 5.82 Å². The van der Waals surface area contributed by atoms with E-state index in [2.05, 4.69) is 15.9 Å². The number of allylic oxidation sites excluding steroid dienone is 1. The number of carbonyl (C=O) groups excluding carboxylic acids is 1. The molecule has 0 aromatic heterocycles. The lowest BCUT2D eigenvalue weighted by atomic mass is 10.2. The van der Waals surface area contributed by atoms with E-state index in [0.29, 0.717) is 26.4 Å². The summed E-state index contributed by atoms with van der Waals surface area (Å²) < 4.78 is 19.4. The van der Waals surface area contributed by atoms with Gasteiger partial charge in [0.1, 0.15) is 12.4 Å². The van der Waals surface area contributed by atoms with Gasteiger partial charge in [0, 0.05) is 0 Å². The van der Waals surface area contributed by atoms with Crippen LogP contribution in [-0.2, 0) is 11.4 Å². The van der Waals surface area contributed by atoms with Crippen molar-refractivity contribution in [2.24, 2.45) is 0 Å². The number of benzene rings is 2. The number of hydrogen-bond acceptors (Lipinski definition) is 2. The van der Waals surface area contributed by atoms with Crippen molar-refractivity contribution in [2.45, 2.75) is 6.61 Å². The van der Waals surface area contributed by atoms with Gasteiger partial charge in [0.05, 0.1) is 9.50 Å². The third-order valence-electron chi connectivity index (χ3n) is 2.70. The fourth-order valence-electron chi connectivity index (χ4n) is 1.76. The smallest absolute Gasteiger partial charge is 0.245 e. The van der Waals surface area contributed by atoms with E-state index < -0.39 is 5.24 Å². The third kappa shape index (κ3) is 4.83. The molecule has 2 aromatic carbocycles. The van der Waals surface area contributed by atoms with Crippen LogP contribution in [0.25, 0.3) is 6.08 Å². The summed E-state index contributed by atoms with van der Waals surface area (Å²) in [5.41, 5.74) is 1.39. The minimum Gasteiger partial charge on any atom is -0.486 e. The van der Waals surface area contributed by atoms with Crippen LogP contribution in [0.4, 0.5) is 4.39 Å². The lowest BCUT2D eigenvalue weighted by Crippen LogP contribution is -1.97. The zero-order valence-corrected chi connectivity index (χ0v) is 14.3. The van der Waals surface area contributed by atoms with Crippen LogP contribution in [0.3, 0.4) is 0 Å². The summed E-state index contributed by atoms with van der Waals surface area (Å²) in [6.07, 6.45) is 2.77. The van der Waals surface area contributed by atoms with Gasteiger partial charge in [0.25, 0.3) is 0 Å². The highest BCUT2D eigenvalue weighted by Crippen LogP contribution is 2.35. The Kier molecular flexibility index (Phi) is 6.00. The van der Waals surface area contributed by atoms with Crippen molar-refractivity contribution in [1.29, 1.82) is 0 Å². The average Bonchev–Trinajstić information content (AvgIpc) is 2.44. The molecule has 2 aromatic rings. The summed E-state index contributed by atoms with van der Waals surface area (Å²) in [7, 11) is 0. The van der Waals surface area contributed by atoms with Crippen LogP contribution in [0.1, 0.15) is 11.1 Å². The summed E-state index contributed by atoms with van der Waals surface area (Å²) in [5, 5.41) is -0.203. The summed E-state index contributed by atoms with van der Waals surface area (Å²) in [6, 6.07) is 9.51. The molecule has 0 aliphatic rings. The summed E-state index contributed by atoms with van der Waals surface area (Å²) in [6.45, 7) is 0.186. The highest BCUT2D eigenvalue weighted by molar-refractivity contribution is 9.10. The largest absolute Gasteiger partial charge is 0.486 e. The molecule has 0 bridgehead atoms. The standard InChI is InChI=1S/C16H10BrCl2FO2/c17-13-7-10(4-5-15(19)21)8-14(18)16(13)22-9-11-2-1-3-12(20)6-11/h1-8H,9H2/b5-4+. The predicted octanol–water partition coefficient (Wildman–Crippen LogP) is 5.60. The molecular formula is C16H10BrCl2FO2. The van der Waals surface area contributed by atoms with Gasteiger partial charge in [-0.05, 0) is 69.0 Å². The van der Waals surface area contributed by atoms with Gasteiger partial charge in [0.15, 0.2) is 5.75 Å². The van der Waals surface area contributed by atoms with Crippen molar-refractivity contribution in [3.63, 3.8) is 0 Å². The van der Waals surface area contributed by atoms with E-state index in [1.165, 1.54) is 18.2 Å². The summed E-state index contributed by atoms with van der Waals surface area (Å²) in [5.74, 6) is 0.123. The molecular weight excluding hydrogens is 394 g/mol. The first-order valence-corrected chi connectivity index (χ1v) is 7.74. The summed E-state index contributed by atoms with van der Waals surface area (Å²) in [4.78, 5) is 10.7. The molecule has 0 heterocycles. The predicted molar refractivity (Wildman–Crippen MR) is 89.8 cm³/mol. The molecule has 0 unspecified atom stereocenters. The monoisotopic (exact) mass is 402 g/mol. The molecule has 0 atom stereocenters. The number of hydrogen-bond donors (Lipinski definition) is 0. The Morgan fingerprint density at radius 2 is 2.09 bits per heavy atom. The van der Waals surface area contributed by atoms with Gasteiger partial charge in [0.2, 0.25) is 5.24 Å². The molecule has 0 spiro atoms. The molecule has 0 aliphatic heterocycles. The topological polar surface area (TPSA) is 26.3 Å². The molecule has 2 rings (SSSR count). The van der Waals surface area contributed by atoms with Crippen molar-refractivity contribution in [2.75, 3.05) is 0 Å². The maximum absolute atomic E-state index is 13.1. The van der Waals surface area contributed by atoms with Gasteiger partial charge < -0.3 is 4.74 Å². The van der Waals surface area contributed by atoms with Crippen LogP contribution < -0.4 is 4.74 Å². The normalized spacial score (nSPS) is 10.9. The maximum atomic E-state index is 13.1. The Morgan fingerprint density at radius 1 is 1.32 bits per heavy atom. The van der Waals surface area contributed by atoms with Gasteiger partial charge in [-0.25, -0.2) is 4.39 Å². The van der Waals surface area contributed by atoms with Gasteiger partial charge in [-0.2, -0.15) is 0 Å². The number of ether oxygens (including phenoxy) is 1. The Hall–Kier alpha value is -1.36. The minimum absolute atomic E-state index is 0.186. The van der Waals surface area contributed by atoms with E-state index in [-0.39, 0.29) is 12.4 Å². The van der Waals surface area contributed by atoms with Crippen molar-refractivity contribution < 1.29 is 13.9 Å². The molecule has 0 N–H and O–H groups in total. The molecule has 6 heteroatoms. The molecule has 2 nitrogen and oxygen atoms in total. The van der Waals surface area contributed by atoms with Crippen LogP contribution in [0.15, 0.2) is 46.9 Å². The van der Waals surface area contributed by atoms with E-state index in [9.17, 15) is 9.18 Å². The average molecular weight is 404 g/mol. The maximum Gasteiger partial charge on any atom is 0.245 e.